The molecule has 1 aliphatic rings. The third-order valence-corrected chi connectivity index (χ3v) is 3.58. The third-order valence-electron chi connectivity index (χ3n) is 3.58. The van der Waals surface area contributed by atoms with Crippen molar-refractivity contribution in [1.29, 1.82) is 0 Å². The maximum absolute atomic E-state index is 12.0. The molecule has 1 aromatic rings. The number of pyridine rings is 1. The second kappa shape index (κ2) is 5.96. The molecule has 1 aromatic heterocycles. The van der Waals surface area contributed by atoms with Gasteiger partial charge in [-0.25, -0.2) is 0 Å². The molecule has 0 aromatic carbocycles. The number of carbonyl (C=O) groups is 1. The normalized spacial score (nSPS) is 23.7. The lowest BCUT2D eigenvalue weighted by Gasteiger charge is -2.27. The first kappa shape index (κ1) is 13.0. The van der Waals surface area contributed by atoms with Gasteiger partial charge in [0.05, 0.1) is 5.56 Å². The summed E-state index contributed by atoms with van der Waals surface area (Å²) in [5.74, 6) is 0.373. The number of rotatable bonds is 3. The van der Waals surface area contributed by atoms with Gasteiger partial charge in [-0.3, -0.25) is 9.78 Å². The van der Waals surface area contributed by atoms with Gasteiger partial charge in [-0.2, -0.15) is 0 Å². The molecule has 2 N–H and O–H groups in total. The van der Waals surface area contributed by atoms with Gasteiger partial charge >= 0.3 is 0 Å². The van der Waals surface area contributed by atoms with Crippen LogP contribution in [0, 0.1) is 12.8 Å². The lowest BCUT2D eigenvalue weighted by Crippen LogP contribution is -2.38. The van der Waals surface area contributed by atoms with Gasteiger partial charge in [0.25, 0.3) is 5.91 Å². The van der Waals surface area contributed by atoms with Gasteiger partial charge in [-0.15, -0.1) is 0 Å². The van der Waals surface area contributed by atoms with E-state index in [4.69, 9.17) is 5.11 Å². The van der Waals surface area contributed by atoms with Crippen LogP contribution in [0.5, 0.6) is 0 Å². The van der Waals surface area contributed by atoms with Crippen LogP contribution in [0.3, 0.4) is 0 Å². The summed E-state index contributed by atoms with van der Waals surface area (Å²) in [5, 5.41) is 12.1. The molecule has 1 aliphatic carbocycles. The number of hydrogen-bond donors (Lipinski definition) is 2. The Kier molecular flexibility index (Phi) is 4.31. The van der Waals surface area contributed by atoms with Crippen molar-refractivity contribution in [1.82, 2.24) is 10.3 Å². The highest BCUT2D eigenvalue weighted by molar-refractivity contribution is 5.94. The number of aromatic nitrogens is 1. The minimum atomic E-state index is -0.0429. The molecular formula is C14H20N2O2. The molecule has 4 nitrogen and oxygen atoms in total. The molecule has 2 rings (SSSR count). The third kappa shape index (κ3) is 3.29. The van der Waals surface area contributed by atoms with Crippen LogP contribution < -0.4 is 5.32 Å². The molecule has 1 amide bonds. The molecule has 0 unspecified atom stereocenters. The van der Waals surface area contributed by atoms with Crippen LogP contribution in [-0.2, 0) is 0 Å². The first-order chi connectivity index (χ1) is 8.69. The fourth-order valence-corrected chi connectivity index (χ4v) is 2.44. The van der Waals surface area contributed by atoms with E-state index in [0.717, 1.165) is 31.2 Å². The van der Waals surface area contributed by atoms with Crippen molar-refractivity contribution in [2.75, 3.05) is 6.61 Å². The quantitative estimate of drug-likeness (QED) is 0.855. The lowest BCUT2D eigenvalue weighted by molar-refractivity contribution is 0.0913. The van der Waals surface area contributed by atoms with Crippen molar-refractivity contribution in [3.63, 3.8) is 0 Å². The molecule has 1 saturated carbocycles. The van der Waals surface area contributed by atoms with Crippen LogP contribution >= 0.6 is 0 Å². The number of aliphatic hydroxyl groups is 1. The van der Waals surface area contributed by atoms with E-state index in [0.29, 0.717) is 11.5 Å². The number of nitrogens with one attached hydrogen (secondary N) is 1. The van der Waals surface area contributed by atoms with Gasteiger partial charge < -0.3 is 10.4 Å². The summed E-state index contributed by atoms with van der Waals surface area (Å²) in [6.45, 7) is 2.19. The van der Waals surface area contributed by atoms with Crippen LogP contribution in [0.4, 0.5) is 0 Å². The zero-order valence-corrected chi connectivity index (χ0v) is 10.7. The van der Waals surface area contributed by atoms with E-state index >= 15 is 0 Å². The maximum Gasteiger partial charge on any atom is 0.253 e. The molecule has 0 atom stereocenters. The van der Waals surface area contributed by atoms with E-state index in [1.54, 1.807) is 12.4 Å². The molecule has 1 fully saturated rings. The van der Waals surface area contributed by atoms with E-state index in [-0.39, 0.29) is 18.6 Å². The largest absolute Gasteiger partial charge is 0.396 e. The Labute approximate surface area is 107 Å². The molecule has 0 bridgehead atoms. The van der Waals surface area contributed by atoms with Crippen LogP contribution in [-0.4, -0.2) is 28.6 Å². The maximum atomic E-state index is 12.0. The van der Waals surface area contributed by atoms with Crippen LogP contribution in [0.15, 0.2) is 18.5 Å². The van der Waals surface area contributed by atoms with Crippen molar-refractivity contribution < 1.29 is 9.90 Å². The van der Waals surface area contributed by atoms with Crippen molar-refractivity contribution in [3.8, 4) is 0 Å². The molecule has 98 valence electrons. The summed E-state index contributed by atoms with van der Waals surface area (Å²) in [6.07, 6.45) is 7.23. The smallest absolute Gasteiger partial charge is 0.253 e. The summed E-state index contributed by atoms with van der Waals surface area (Å²) in [4.78, 5) is 16.0. The van der Waals surface area contributed by atoms with E-state index in [9.17, 15) is 4.79 Å². The van der Waals surface area contributed by atoms with E-state index in [1.807, 2.05) is 13.0 Å². The summed E-state index contributed by atoms with van der Waals surface area (Å²) in [5.41, 5.74) is 1.62. The number of carbonyl (C=O) groups excluding carboxylic acids is 1. The number of aryl methyl sites for hydroxylation is 1. The zero-order chi connectivity index (χ0) is 13.0. The summed E-state index contributed by atoms with van der Waals surface area (Å²) in [6, 6.07) is 2.09. The highest BCUT2D eigenvalue weighted by atomic mass is 16.3. The second-order valence-electron chi connectivity index (χ2n) is 5.12. The Bertz CT molecular complexity index is 412. The monoisotopic (exact) mass is 248 g/mol. The summed E-state index contributed by atoms with van der Waals surface area (Å²) >= 11 is 0. The summed E-state index contributed by atoms with van der Waals surface area (Å²) in [7, 11) is 0. The molecule has 0 radical (unpaired) electrons. The van der Waals surface area contributed by atoms with Gasteiger partial charge in [-0.1, -0.05) is 0 Å². The first-order valence-electron chi connectivity index (χ1n) is 6.52. The van der Waals surface area contributed by atoms with Gasteiger partial charge in [0.2, 0.25) is 0 Å². The van der Waals surface area contributed by atoms with E-state index in [1.165, 1.54) is 0 Å². The van der Waals surface area contributed by atoms with Crippen LogP contribution in [0.25, 0.3) is 0 Å². The first-order valence-corrected chi connectivity index (χ1v) is 6.52. The van der Waals surface area contributed by atoms with Crippen LogP contribution in [0.2, 0.25) is 0 Å². The van der Waals surface area contributed by atoms with Crippen molar-refractivity contribution in [2.45, 2.75) is 38.6 Å². The number of aliphatic hydroxyl groups excluding tert-OH is 1. The topological polar surface area (TPSA) is 62.2 Å². The molecule has 4 heteroatoms. The van der Waals surface area contributed by atoms with Gasteiger partial charge in [0.1, 0.15) is 0 Å². The fourth-order valence-electron chi connectivity index (χ4n) is 2.44. The molecule has 0 aliphatic heterocycles. The average molecular weight is 248 g/mol. The summed E-state index contributed by atoms with van der Waals surface area (Å²) < 4.78 is 0. The van der Waals surface area contributed by atoms with Gasteiger partial charge in [0, 0.05) is 25.0 Å². The Hall–Kier alpha value is -1.42. The standard InChI is InChI=1S/C14H20N2O2/c1-10-6-12(8-15-7-10)14(18)16-13-4-2-11(9-17)3-5-13/h6-8,11,13,17H,2-5,9H2,1H3,(H,16,18). The van der Waals surface area contributed by atoms with E-state index in [2.05, 4.69) is 10.3 Å². The molecule has 0 saturated heterocycles. The minimum absolute atomic E-state index is 0.0429. The van der Waals surface area contributed by atoms with Gasteiger partial charge in [-0.05, 0) is 50.2 Å². The number of amides is 1. The zero-order valence-electron chi connectivity index (χ0n) is 10.7. The highest BCUT2D eigenvalue weighted by Crippen LogP contribution is 2.23. The number of nitrogens with zero attached hydrogens (tertiary/aromatic N) is 1. The lowest BCUT2D eigenvalue weighted by atomic mass is 9.86. The number of hydrogen-bond acceptors (Lipinski definition) is 3. The Morgan fingerprint density at radius 1 is 1.39 bits per heavy atom. The molecule has 1 heterocycles. The Balaban J connectivity index is 1.89. The SMILES string of the molecule is Cc1cncc(C(=O)NC2CCC(CO)CC2)c1. The van der Waals surface area contributed by atoms with Crippen molar-refractivity contribution >= 4 is 5.91 Å². The van der Waals surface area contributed by atoms with Crippen molar-refractivity contribution in [2.24, 2.45) is 5.92 Å². The van der Waals surface area contributed by atoms with Crippen LogP contribution in [0.1, 0.15) is 41.6 Å². The predicted octanol–water partition coefficient (Wildman–Crippen LogP) is 1.67. The molecule has 0 spiro atoms. The van der Waals surface area contributed by atoms with Crippen molar-refractivity contribution in [3.05, 3.63) is 29.6 Å². The average Bonchev–Trinajstić information content (AvgIpc) is 2.39. The predicted molar refractivity (Wildman–Crippen MR) is 69.3 cm³/mol. The molecule has 18 heavy (non-hydrogen) atoms. The minimum Gasteiger partial charge on any atom is -0.396 e. The Morgan fingerprint density at radius 2 is 2.11 bits per heavy atom. The second-order valence-corrected chi connectivity index (χ2v) is 5.12. The fraction of sp³-hybridized carbons (Fsp3) is 0.571. The Morgan fingerprint density at radius 3 is 2.72 bits per heavy atom. The van der Waals surface area contributed by atoms with Gasteiger partial charge in [0.15, 0.2) is 0 Å². The highest BCUT2D eigenvalue weighted by Gasteiger charge is 2.22. The molecular weight excluding hydrogens is 228 g/mol. The van der Waals surface area contributed by atoms with E-state index < -0.39 is 0 Å².